The Kier molecular flexibility index (Phi) is 4.24. The third kappa shape index (κ3) is 3.56. The van der Waals surface area contributed by atoms with Crippen molar-refractivity contribution in [3.63, 3.8) is 0 Å². The summed E-state index contributed by atoms with van der Waals surface area (Å²) in [6.45, 7) is 0.364. The van der Waals surface area contributed by atoms with Crippen molar-refractivity contribution in [1.29, 1.82) is 0 Å². The summed E-state index contributed by atoms with van der Waals surface area (Å²) in [4.78, 5) is 16.0. The molecule has 0 saturated heterocycles. The normalized spacial score (nSPS) is 11.6. The van der Waals surface area contributed by atoms with Crippen LogP contribution in [0.4, 0.5) is 13.2 Å². The average Bonchev–Trinajstić information content (AvgIpc) is 3.02. The van der Waals surface area contributed by atoms with E-state index in [4.69, 9.17) is 4.42 Å². The second-order valence-electron chi connectivity index (χ2n) is 5.24. The fraction of sp³-hybridized carbons (Fsp3) is 0.176. The molecule has 0 unspecified atom stereocenters. The van der Waals surface area contributed by atoms with E-state index in [1.165, 1.54) is 18.5 Å². The van der Waals surface area contributed by atoms with Gasteiger partial charge in [-0.1, -0.05) is 6.07 Å². The Morgan fingerprint density at radius 1 is 1.12 bits per heavy atom. The predicted molar refractivity (Wildman–Crippen MR) is 81.5 cm³/mol. The monoisotopic (exact) mass is 334 g/mol. The maximum Gasteiger partial charge on any atom is 0.416 e. The van der Waals surface area contributed by atoms with Gasteiger partial charge in [0.05, 0.1) is 5.56 Å². The molecule has 3 rings (SSSR count). The zero-order valence-corrected chi connectivity index (χ0v) is 12.4. The highest BCUT2D eigenvalue weighted by Gasteiger charge is 2.30. The number of oxazole rings is 1. The van der Waals surface area contributed by atoms with Gasteiger partial charge in [-0.15, -0.1) is 0 Å². The van der Waals surface area contributed by atoms with Gasteiger partial charge < -0.3 is 9.73 Å². The van der Waals surface area contributed by atoms with Gasteiger partial charge in [-0.3, -0.25) is 4.79 Å². The summed E-state index contributed by atoms with van der Waals surface area (Å²) in [5, 5.41) is 2.68. The van der Waals surface area contributed by atoms with Gasteiger partial charge in [-0.2, -0.15) is 13.2 Å². The molecule has 0 spiro atoms. The van der Waals surface area contributed by atoms with Crippen LogP contribution in [0.3, 0.4) is 0 Å². The summed E-state index contributed by atoms with van der Waals surface area (Å²) >= 11 is 0. The minimum Gasteiger partial charge on any atom is -0.443 e. The number of hydrogen-bond acceptors (Lipinski definition) is 3. The van der Waals surface area contributed by atoms with Gasteiger partial charge in [-0.25, -0.2) is 4.98 Å². The van der Waals surface area contributed by atoms with Gasteiger partial charge in [-0.05, 0) is 48.4 Å². The van der Waals surface area contributed by atoms with E-state index in [1.54, 1.807) is 6.07 Å². The molecule has 0 bridgehead atoms. The number of aromatic nitrogens is 1. The highest BCUT2D eigenvalue weighted by Crippen LogP contribution is 2.29. The van der Waals surface area contributed by atoms with Crippen LogP contribution in [0.2, 0.25) is 0 Å². The van der Waals surface area contributed by atoms with Gasteiger partial charge in [0.1, 0.15) is 5.52 Å². The van der Waals surface area contributed by atoms with Crippen LogP contribution in [0.1, 0.15) is 21.5 Å². The Balaban J connectivity index is 1.57. The lowest BCUT2D eigenvalue weighted by Gasteiger charge is -2.08. The predicted octanol–water partition coefficient (Wildman–Crippen LogP) is 3.82. The van der Waals surface area contributed by atoms with E-state index < -0.39 is 17.6 Å². The van der Waals surface area contributed by atoms with Crippen LogP contribution >= 0.6 is 0 Å². The van der Waals surface area contributed by atoms with E-state index in [0.29, 0.717) is 18.5 Å². The third-order valence-corrected chi connectivity index (χ3v) is 3.57. The molecular weight excluding hydrogens is 321 g/mol. The van der Waals surface area contributed by atoms with Crippen molar-refractivity contribution in [2.75, 3.05) is 6.54 Å². The van der Waals surface area contributed by atoms with Crippen molar-refractivity contribution in [3.05, 3.63) is 65.5 Å². The first-order valence-electron chi connectivity index (χ1n) is 7.21. The van der Waals surface area contributed by atoms with Gasteiger partial charge in [0.2, 0.25) is 0 Å². The molecule has 3 aromatic rings. The van der Waals surface area contributed by atoms with Crippen molar-refractivity contribution in [2.24, 2.45) is 0 Å². The Morgan fingerprint density at radius 2 is 1.88 bits per heavy atom. The number of alkyl halides is 3. The molecule has 4 nitrogen and oxygen atoms in total. The van der Waals surface area contributed by atoms with E-state index in [2.05, 4.69) is 10.3 Å². The third-order valence-electron chi connectivity index (χ3n) is 3.57. The number of fused-ring (bicyclic) bond motifs is 1. The van der Waals surface area contributed by atoms with E-state index in [1.807, 2.05) is 12.1 Å². The SMILES string of the molecule is O=C(NCCc1ccc2ocnc2c1)c1ccc(C(F)(F)F)cc1. The second-order valence-corrected chi connectivity index (χ2v) is 5.24. The first-order chi connectivity index (χ1) is 11.4. The summed E-state index contributed by atoms with van der Waals surface area (Å²) in [6.07, 6.45) is -2.47. The summed E-state index contributed by atoms with van der Waals surface area (Å²) in [5.74, 6) is -0.411. The molecule has 0 atom stereocenters. The standard InChI is InChI=1S/C17H13F3N2O2/c18-17(19,20)13-4-2-12(3-5-13)16(23)21-8-7-11-1-6-15-14(9-11)22-10-24-15/h1-6,9-10H,7-8H2,(H,21,23). The highest BCUT2D eigenvalue weighted by molar-refractivity contribution is 5.94. The van der Waals surface area contributed by atoms with Crippen molar-refractivity contribution < 1.29 is 22.4 Å². The van der Waals surface area contributed by atoms with Crippen molar-refractivity contribution >= 4 is 17.0 Å². The lowest BCUT2D eigenvalue weighted by atomic mass is 10.1. The fourth-order valence-electron chi connectivity index (χ4n) is 2.29. The van der Waals surface area contributed by atoms with Crippen molar-refractivity contribution in [3.8, 4) is 0 Å². The molecule has 24 heavy (non-hydrogen) atoms. The topological polar surface area (TPSA) is 55.1 Å². The number of benzene rings is 2. The van der Waals surface area contributed by atoms with Crippen molar-refractivity contribution in [1.82, 2.24) is 10.3 Å². The molecule has 7 heteroatoms. The van der Waals surface area contributed by atoms with E-state index >= 15 is 0 Å². The molecule has 1 heterocycles. The number of nitrogens with zero attached hydrogens (tertiary/aromatic N) is 1. The van der Waals surface area contributed by atoms with Crippen molar-refractivity contribution in [2.45, 2.75) is 12.6 Å². The lowest BCUT2D eigenvalue weighted by Crippen LogP contribution is -2.25. The lowest BCUT2D eigenvalue weighted by molar-refractivity contribution is -0.137. The van der Waals surface area contributed by atoms with Crippen LogP contribution in [-0.2, 0) is 12.6 Å². The summed E-state index contributed by atoms with van der Waals surface area (Å²) < 4.78 is 42.6. The molecule has 0 aliphatic carbocycles. The molecule has 2 aromatic carbocycles. The molecule has 1 amide bonds. The molecular formula is C17H13F3N2O2. The molecule has 0 aliphatic rings. The molecule has 1 aromatic heterocycles. The highest BCUT2D eigenvalue weighted by atomic mass is 19.4. The van der Waals surface area contributed by atoms with E-state index in [-0.39, 0.29) is 5.56 Å². The average molecular weight is 334 g/mol. The Morgan fingerprint density at radius 3 is 2.58 bits per heavy atom. The number of rotatable bonds is 4. The molecule has 0 saturated carbocycles. The Labute approximate surface area is 135 Å². The molecule has 0 aliphatic heterocycles. The maximum absolute atomic E-state index is 12.5. The molecule has 0 fully saturated rings. The molecule has 0 radical (unpaired) electrons. The largest absolute Gasteiger partial charge is 0.443 e. The fourth-order valence-corrected chi connectivity index (χ4v) is 2.29. The Bertz CT molecular complexity index is 854. The maximum atomic E-state index is 12.5. The van der Waals surface area contributed by atoms with Crippen LogP contribution in [0.15, 0.2) is 53.3 Å². The number of hydrogen-bond donors (Lipinski definition) is 1. The summed E-state index contributed by atoms with van der Waals surface area (Å²) in [7, 11) is 0. The zero-order valence-electron chi connectivity index (χ0n) is 12.4. The van der Waals surface area contributed by atoms with E-state index in [9.17, 15) is 18.0 Å². The smallest absolute Gasteiger partial charge is 0.416 e. The minimum atomic E-state index is -4.41. The van der Waals surface area contributed by atoms with Crippen LogP contribution in [0.25, 0.3) is 11.1 Å². The molecule has 1 N–H and O–H groups in total. The van der Waals surface area contributed by atoms with Crippen LogP contribution < -0.4 is 5.32 Å². The number of halogens is 3. The summed E-state index contributed by atoms with van der Waals surface area (Å²) in [6, 6.07) is 9.66. The Hall–Kier alpha value is -2.83. The van der Waals surface area contributed by atoms with Gasteiger partial charge >= 0.3 is 6.18 Å². The molecule has 124 valence electrons. The first kappa shape index (κ1) is 16.0. The quantitative estimate of drug-likeness (QED) is 0.789. The summed E-state index contributed by atoms with van der Waals surface area (Å²) in [5.41, 5.74) is 1.81. The van der Waals surface area contributed by atoms with E-state index in [0.717, 1.165) is 23.2 Å². The minimum absolute atomic E-state index is 0.190. The number of carbonyl (C=O) groups excluding carboxylic acids is 1. The number of nitrogens with one attached hydrogen (secondary N) is 1. The zero-order chi connectivity index (χ0) is 17.2. The van der Waals surface area contributed by atoms with Crippen LogP contribution in [0, 0.1) is 0 Å². The van der Waals surface area contributed by atoms with Gasteiger partial charge in [0, 0.05) is 12.1 Å². The number of amides is 1. The van der Waals surface area contributed by atoms with Crippen LogP contribution in [-0.4, -0.2) is 17.4 Å². The van der Waals surface area contributed by atoms with Gasteiger partial charge in [0.25, 0.3) is 5.91 Å². The number of carbonyl (C=O) groups is 1. The first-order valence-corrected chi connectivity index (χ1v) is 7.21. The van der Waals surface area contributed by atoms with Crippen LogP contribution in [0.5, 0.6) is 0 Å². The van der Waals surface area contributed by atoms with Gasteiger partial charge in [0.15, 0.2) is 12.0 Å². The second kappa shape index (κ2) is 6.35.